The summed E-state index contributed by atoms with van der Waals surface area (Å²) in [6.07, 6.45) is 2.18. The van der Waals surface area contributed by atoms with Gasteiger partial charge >= 0.3 is 5.97 Å². The standard InChI is InChI=1S/C16H32O3Si/c1-13(2)14(9-10-15(17)18-6)11-12-19-20(7,8)16(3,4)5/h14H,1,9-12H2,2-8H3/t14-/m0/s1. The quantitative estimate of drug-likeness (QED) is 0.375. The van der Waals surface area contributed by atoms with Gasteiger partial charge < -0.3 is 9.16 Å². The van der Waals surface area contributed by atoms with E-state index >= 15 is 0 Å². The number of ether oxygens (including phenoxy) is 1. The van der Waals surface area contributed by atoms with Crippen molar-refractivity contribution in [3.63, 3.8) is 0 Å². The van der Waals surface area contributed by atoms with Crippen LogP contribution in [0.15, 0.2) is 12.2 Å². The highest BCUT2D eigenvalue weighted by atomic mass is 28.4. The zero-order valence-electron chi connectivity index (χ0n) is 14.3. The molecule has 0 radical (unpaired) electrons. The van der Waals surface area contributed by atoms with Crippen molar-refractivity contribution in [1.29, 1.82) is 0 Å². The number of hydrogen-bond acceptors (Lipinski definition) is 3. The second-order valence-electron chi connectivity index (χ2n) is 7.06. The molecule has 0 aliphatic carbocycles. The van der Waals surface area contributed by atoms with Crippen LogP contribution in [0.2, 0.25) is 18.1 Å². The Labute approximate surface area is 125 Å². The van der Waals surface area contributed by atoms with Gasteiger partial charge in [-0.3, -0.25) is 4.79 Å². The lowest BCUT2D eigenvalue weighted by Gasteiger charge is -2.36. The van der Waals surface area contributed by atoms with E-state index in [1.165, 1.54) is 7.11 Å². The lowest BCUT2D eigenvalue weighted by Crippen LogP contribution is -2.41. The van der Waals surface area contributed by atoms with E-state index in [1.54, 1.807) is 0 Å². The highest BCUT2D eigenvalue weighted by Crippen LogP contribution is 2.36. The van der Waals surface area contributed by atoms with Crippen LogP contribution < -0.4 is 0 Å². The molecule has 0 aliphatic rings. The van der Waals surface area contributed by atoms with Crippen LogP contribution >= 0.6 is 0 Å². The van der Waals surface area contributed by atoms with Crippen molar-refractivity contribution < 1.29 is 14.0 Å². The fourth-order valence-electron chi connectivity index (χ4n) is 1.70. The Balaban J connectivity index is 4.30. The first-order valence-corrected chi connectivity index (χ1v) is 10.3. The van der Waals surface area contributed by atoms with Gasteiger partial charge in [-0.15, -0.1) is 0 Å². The molecule has 118 valence electrons. The predicted molar refractivity (Wildman–Crippen MR) is 87.3 cm³/mol. The minimum Gasteiger partial charge on any atom is -0.469 e. The Bertz CT molecular complexity index is 329. The maximum Gasteiger partial charge on any atom is 0.305 e. The minimum absolute atomic E-state index is 0.151. The molecule has 0 heterocycles. The molecule has 4 heteroatoms. The summed E-state index contributed by atoms with van der Waals surface area (Å²) in [4.78, 5) is 11.2. The van der Waals surface area contributed by atoms with Gasteiger partial charge in [0.05, 0.1) is 7.11 Å². The van der Waals surface area contributed by atoms with Gasteiger partial charge in [0, 0.05) is 13.0 Å². The molecule has 3 nitrogen and oxygen atoms in total. The first-order chi connectivity index (χ1) is 9.01. The van der Waals surface area contributed by atoms with Crippen molar-refractivity contribution in [1.82, 2.24) is 0 Å². The van der Waals surface area contributed by atoms with Crippen LogP contribution in [0, 0.1) is 5.92 Å². The molecule has 0 saturated heterocycles. The maximum atomic E-state index is 11.2. The maximum absolute atomic E-state index is 11.2. The number of rotatable bonds is 8. The number of methoxy groups -OCH3 is 1. The van der Waals surface area contributed by atoms with Crippen LogP contribution in [0.5, 0.6) is 0 Å². The monoisotopic (exact) mass is 300 g/mol. The van der Waals surface area contributed by atoms with Crippen molar-refractivity contribution in [3.8, 4) is 0 Å². The molecule has 0 spiro atoms. The summed E-state index contributed by atoms with van der Waals surface area (Å²) >= 11 is 0. The highest BCUT2D eigenvalue weighted by molar-refractivity contribution is 6.74. The molecule has 0 amide bonds. The molecule has 0 N–H and O–H groups in total. The Morgan fingerprint density at radius 3 is 2.20 bits per heavy atom. The lowest BCUT2D eigenvalue weighted by molar-refractivity contribution is -0.140. The van der Waals surface area contributed by atoms with Crippen LogP contribution in [0.3, 0.4) is 0 Å². The Morgan fingerprint density at radius 1 is 1.25 bits per heavy atom. The number of hydrogen-bond donors (Lipinski definition) is 0. The molecule has 0 saturated carbocycles. The van der Waals surface area contributed by atoms with E-state index in [4.69, 9.17) is 9.16 Å². The lowest BCUT2D eigenvalue weighted by atomic mass is 9.93. The summed E-state index contributed by atoms with van der Waals surface area (Å²) in [5.41, 5.74) is 1.12. The van der Waals surface area contributed by atoms with Crippen LogP contribution in [0.4, 0.5) is 0 Å². The van der Waals surface area contributed by atoms with Crippen LogP contribution in [-0.4, -0.2) is 28.0 Å². The van der Waals surface area contributed by atoms with Gasteiger partial charge in [-0.2, -0.15) is 0 Å². The highest BCUT2D eigenvalue weighted by Gasteiger charge is 2.37. The number of carbonyl (C=O) groups is 1. The molecule has 0 aliphatic heterocycles. The van der Waals surface area contributed by atoms with Crippen LogP contribution in [0.25, 0.3) is 0 Å². The average Bonchev–Trinajstić information content (AvgIpc) is 2.30. The fourth-order valence-corrected chi connectivity index (χ4v) is 2.77. The van der Waals surface area contributed by atoms with Crippen LogP contribution in [0.1, 0.15) is 47.0 Å². The van der Waals surface area contributed by atoms with E-state index in [-0.39, 0.29) is 11.0 Å². The van der Waals surface area contributed by atoms with Crippen molar-refractivity contribution in [2.24, 2.45) is 5.92 Å². The molecule has 0 rings (SSSR count). The molecule has 1 atom stereocenters. The SMILES string of the molecule is C=C(C)[C@H](CCO[Si](C)(C)C(C)(C)C)CCC(=O)OC. The Kier molecular flexibility index (Phi) is 7.74. The van der Waals surface area contributed by atoms with Crippen LogP contribution in [-0.2, 0) is 14.0 Å². The summed E-state index contributed by atoms with van der Waals surface area (Å²) in [5.74, 6) is 0.181. The van der Waals surface area contributed by atoms with Crippen molar-refractivity contribution in [2.45, 2.75) is 65.1 Å². The molecule has 0 fully saturated rings. The molecular weight excluding hydrogens is 268 g/mol. The minimum atomic E-state index is -1.68. The van der Waals surface area contributed by atoms with E-state index in [0.29, 0.717) is 12.3 Å². The molecule has 0 unspecified atom stereocenters. The molecule has 20 heavy (non-hydrogen) atoms. The summed E-state index contributed by atoms with van der Waals surface area (Å²) in [6, 6.07) is 0. The van der Waals surface area contributed by atoms with E-state index in [2.05, 4.69) is 40.4 Å². The molecule has 0 aromatic heterocycles. The van der Waals surface area contributed by atoms with Crippen molar-refractivity contribution >= 4 is 14.3 Å². The molecule has 0 aromatic rings. The van der Waals surface area contributed by atoms with Gasteiger partial charge in [0.25, 0.3) is 0 Å². The largest absolute Gasteiger partial charge is 0.469 e. The molecule has 0 bridgehead atoms. The summed E-state index contributed by atoms with van der Waals surface area (Å²) in [6.45, 7) is 18.0. The van der Waals surface area contributed by atoms with Gasteiger partial charge in [-0.1, -0.05) is 32.9 Å². The molecular formula is C16H32O3Si. The number of esters is 1. The third-order valence-electron chi connectivity index (χ3n) is 4.36. The predicted octanol–water partition coefficient (Wildman–Crippen LogP) is 4.54. The Morgan fingerprint density at radius 2 is 1.80 bits per heavy atom. The zero-order valence-corrected chi connectivity index (χ0v) is 15.3. The van der Waals surface area contributed by atoms with Crippen molar-refractivity contribution in [2.75, 3.05) is 13.7 Å². The smallest absolute Gasteiger partial charge is 0.305 e. The van der Waals surface area contributed by atoms with Gasteiger partial charge in [-0.05, 0) is 43.8 Å². The zero-order chi connectivity index (χ0) is 16.0. The van der Waals surface area contributed by atoms with E-state index < -0.39 is 8.32 Å². The average molecular weight is 301 g/mol. The first-order valence-electron chi connectivity index (χ1n) is 7.37. The fraction of sp³-hybridized carbons (Fsp3) is 0.812. The third kappa shape index (κ3) is 6.71. The second-order valence-corrected chi connectivity index (χ2v) is 11.9. The summed E-state index contributed by atoms with van der Waals surface area (Å²) < 4.78 is 10.9. The number of allylic oxidation sites excluding steroid dienone is 1. The van der Waals surface area contributed by atoms with Gasteiger partial charge in [0.1, 0.15) is 0 Å². The van der Waals surface area contributed by atoms with Gasteiger partial charge in [0.15, 0.2) is 8.32 Å². The Hall–Kier alpha value is -0.613. The summed E-state index contributed by atoms with van der Waals surface area (Å²) in [5, 5.41) is 0.234. The normalized spacial score (nSPS) is 13.9. The van der Waals surface area contributed by atoms with Gasteiger partial charge in [0.2, 0.25) is 0 Å². The number of carbonyl (C=O) groups excluding carboxylic acids is 1. The van der Waals surface area contributed by atoms with E-state index in [1.807, 2.05) is 6.92 Å². The summed E-state index contributed by atoms with van der Waals surface area (Å²) in [7, 11) is -0.250. The van der Waals surface area contributed by atoms with Crippen molar-refractivity contribution in [3.05, 3.63) is 12.2 Å². The molecule has 0 aromatic carbocycles. The van der Waals surface area contributed by atoms with Gasteiger partial charge in [-0.25, -0.2) is 0 Å². The first kappa shape index (κ1) is 19.4. The third-order valence-corrected chi connectivity index (χ3v) is 8.90. The second kappa shape index (κ2) is 7.98. The van der Waals surface area contributed by atoms with E-state index in [9.17, 15) is 4.79 Å². The topological polar surface area (TPSA) is 35.5 Å². The van der Waals surface area contributed by atoms with E-state index in [0.717, 1.165) is 25.0 Å².